The predicted molar refractivity (Wildman–Crippen MR) is 74.9 cm³/mol. The van der Waals surface area contributed by atoms with Crippen LogP contribution >= 0.6 is 11.6 Å². The highest BCUT2D eigenvalue weighted by Crippen LogP contribution is 2.13. The van der Waals surface area contributed by atoms with Gasteiger partial charge < -0.3 is 0 Å². The number of hydrogen-bond donors (Lipinski definition) is 1. The third-order valence-corrected chi connectivity index (χ3v) is 2.86. The van der Waals surface area contributed by atoms with Gasteiger partial charge in [-0.2, -0.15) is 0 Å². The Morgan fingerprint density at radius 1 is 0.800 bits per heavy atom. The molecule has 0 fully saturated rings. The Morgan fingerprint density at radius 3 is 1.65 bits per heavy atom. The normalized spacial score (nSPS) is 12.1. The maximum absolute atomic E-state index is 10.9. The van der Waals surface area contributed by atoms with Gasteiger partial charge in [0, 0.05) is 5.56 Å². The minimum absolute atomic E-state index is 0.300. The lowest BCUT2D eigenvalue weighted by atomic mass is 10.1. The van der Waals surface area contributed by atoms with E-state index in [9.17, 15) is 14.4 Å². The molecule has 3 rings (SSSR count). The first-order chi connectivity index (χ1) is 9.59. The van der Waals surface area contributed by atoms with E-state index in [1.54, 1.807) is 48.5 Å². The first-order valence-electron chi connectivity index (χ1n) is 5.79. The van der Waals surface area contributed by atoms with Crippen LogP contribution in [-0.4, -0.2) is 17.1 Å². The van der Waals surface area contributed by atoms with Crippen LogP contribution in [0.2, 0.25) is 0 Å². The van der Waals surface area contributed by atoms with Crippen LogP contribution in [0.4, 0.5) is 0 Å². The molecule has 0 unspecified atom stereocenters. The van der Waals surface area contributed by atoms with E-state index < -0.39 is 5.24 Å². The highest BCUT2D eigenvalue weighted by Gasteiger charge is 2.25. The largest absolute Gasteiger partial charge is 0.288 e. The highest BCUT2D eigenvalue weighted by atomic mass is 35.5. The van der Waals surface area contributed by atoms with E-state index >= 15 is 0 Å². The van der Waals surface area contributed by atoms with Crippen molar-refractivity contribution in [1.82, 2.24) is 5.32 Å². The van der Waals surface area contributed by atoms with E-state index in [2.05, 4.69) is 5.32 Å². The van der Waals surface area contributed by atoms with Gasteiger partial charge in [0.05, 0.1) is 11.1 Å². The van der Waals surface area contributed by atoms with Crippen molar-refractivity contribution < 1.29 is 14.4 Å². The average molecular weight is 288 g/mol. The van der Waals surface area contributed by atoms with Gasteiger partial charge in [-0.15, -0.1) is 0 Å². The molecule has 0 aromatic heterocycles. The summed E-state index contributed by atoms with van der Waals surface area (Å²) in [6, 6.07) is 15.5. The minimum Gasteiger partial charge on any atom is -0.288 e. The summed E-state index contributed by atoms with van der Waals surface area (Å²) in [5.74, 6) is -0.601. The van der Waals surface area contributed by atoms with Gasteiger partial charge >= 0.3 is 0 Å². The van der Waals surface area contributed by atoms with Crippen molar-refractivity contribution in [3.05, 3.63) is 71.3 Å². The second-order valence-corrected chi connectivity index (χ2v) is 4.31. The summed E-state index contributed by atoms with van der Waals surface area (Å²) in [4.78, 5) is 32.3. The maximum atomic E-state index is 10.9. The van der Waals surface area contributed by atoms with Gasteiger partial charge in [-0.3, -0.25) is 19.7 Å². The molecule has 1 aliphatic heterocycles. The number of halogens is 1. The SMILES string of the molecule is O=C(Cl)c1ccccc1.O=C1NC(=O)c2ccccc21. The smallest absolute Gasteiger partial charge is 0.258 e. The van der Waals surface area contributed by atoms with Gasteiger partial charge in [0.2, 0.25) is 0 Å². The molecule has 1 heterocycles. The molecule has 4 nitrogen and oxygen atoms in total. The van der Waals surface area contributed by atoms with E-state index in [0.29, 0.717) is 16.7 Å². The molecule has 1 N–H and O–H groups in total. The van der Waals surface area contributed by atoms with Crippen molar-refractivity contribution in [2.24, 2.45) is 0 Å². The highest BCUT2D eigenvalue weighted by molar-refractivity contribution is 6.67. The molecule has 0 spiro atoms. The number of benzene rings is 2. The van der Waals surface area contributed by atoms with E-state index in [1.165, 1.54) is 0 Å². The molecular formula is C15H10ClNO3. The number of fused-ring (bicyclic) bond motifs is 1. The van der Waals surface area contributed by atoms with E-state index in [1.807, 2.05) is 6.07 Å². The van der Waals surface area contributed by atoms with Crippen LogP contribution in [0.5, 0.6) is 0 Å². The number of hydrogen-bond acceptors (Lipinski definition) is 3. The van der Waals surface area contributed by atoms with E-state index in [4.69, 9.17) is 11.6 Å². The number of rotatable bonds is 1. The van der Waals surface area contributed by atoms with Gasteiger partial charge in [-0.25, -0.2) is 0 Å². The molecule has 0 saturated heterocycles. The fourth-order valence-corrected chi connectivity index (χ4v) is 1.81. The van der Waals surface area contributed by atoms with E-state index in [-0.39, 0.29) is 11.8 Å². The predicted octanol–water partition coefficient (Wildman–Crippen LogP) is 2.64. The fraction of sp³-hybridized carbons (Fsp3) is 0. The quantitative estimate of drug-likeness (QED) is 0.648. The topological polar surface area (TPSA) is 63.2 Å². The zero-order valence-corrected chi connectivity index (χ0v) is 11.1. The first kappa shape index (κ1) is 14.0. The van der Waals surface area contributed by atoms with Crippen molar-refractivity contribution in [3.63, 3.8) is 0 Å². The Morgan fingerprint density at radius 2 is 1.25 bits per heavy atom. The summed E-state index contributed by atoms with van der Waals surface area (Å²) in [6.45, 7) is 0. The van der Waals surface area contributed by atoms with Crippen molar-refractivity contribution in [3.8, 4) is 0 Å². The third kappa shape index (κ3) is 3.10. The summed E-state index contributed by atoms with van der Waals surface area (Å²) >= 11 is 5.16. The summed E-state index contributed by atoms with van der Waals surface area (Å²) < 4.78 is 0. The second-order valence-electron chi connectivity index (χ2n) is 3.97. The van der Waals surface area contributed by atoms with Crippen LogP contribution in [0.1, 0.15) is 31.1 Å². The zero-order chi connectivity index (χ0) is 14.5. The number of nitrogens with one attached hydrogen (secondary N) is 1. The number of imide groups is 1. The second kappa shape index (κ2) is 6.12. The van der Waals surface area contributed by atoms with Crippen LogP contribution in [0, 0.1) is 0 Å². The Kier molecular flexibility index (Phi) is 4.27. The lowest BCUT2D eigenvalue weighted by Crippen LogP contribution is -2.19. The molecule has 0 radical (unpaired) electrons. The lowest BCUT2D eigenvalue weighted by molar-refractivity contribution is 0.0879. The molecule has 2 aromatic rings. The monoisotopic (exact) mass is 287 g/mol. The van der Waals surface area contributed by atoms with E-state index in [0.717, 1.165) is 0 Å². The summed E-state index contributed by atoms with van der Waals surface area (Å²) in [7, 11) is 0. The summed E-state index contributed by atoms with van der Waals surface area (Å²) in [5, 5.41) is 1.80. The van der Waals surface area contributed by atoms with Gasteiger partial charge in [-0.1, -0.05) is 42.5 Å². The number of amides is 2. The van der Waals surface area contributed by atoms with Crippen LogP contribution in [0.25, 0.3) is 0 Å². The molecule has 0 saturated carbocycles. The van der Waals surface area contributed by atoms with Crippen molar-refractivity contribution in [1.29, 1.82) is 0 Å². The molecule has 2 amide bonds. The Hall–Kier alpha value is -2.46. The molecular weight excluding hydrogens is 278 g/mol. The van der Waals surface area contributed by atoms with Gasteiger partial charge in [0.15, 0.2) is 0 Å². The van der Waals surface area contributed by atoms with Crippen LogP contribution in [0.3, 0.4) is 0 Å². The molecule has 100 valence electrons. The van der Waals surface area contributed by atoms with Crippen LogP contribution in [-0.2, 0) is 0 Å². The summed E-state index contributed by atoms with van der Waals surface area (Å²) in [6.07, 6.45) is 0. The molecule has 0 atom stereocenters. The first-order valence-corrected chi connectivity index (χ1v) is 6.17. The lowest BCUT2D eigenvalue weighted by Gasteiger charge is -1.88. The average Bonchev–Trinajstić information content (AvgIpc) is 2.76. The molecule has 5 heteroatoms. The molecule has 20 heavy (non-hydrogen) atoms. The molecule has 0 aliphatic carbocycles. The van der Waals surface area contributed by atoms with Crippen molar-refractivity contribution in [2.45, 2.75) is 0 Å². The Balaban J connectivity index is 0.000000151. The van der Waals surface area contributed by atoms with Crippen molar-refractivity contribution >= 4 is 28.7 Å². The number of carbonyl (C=O) groups excluding carboxylic acids is 3. The van der Waals surface area contributed by atoms with Crippen LogP contribution < -0.4 is 5.32 Å². The van der Waals surface area contributed by atoms with Crippen molar-refractivity contribution in [2.75, 3.05) is 0 Å². The minimum atomic E-state index is -0.407. The maximum Gasteiger partial charge on any atom is 0.258 e. The van der Waals surface area contributed by atoms with Gasteiger partial charge in [-0.05, 0) is 23.7 Å². The number of carbonyl (C=O) groups is 3. The fourth-order valence-electron chi connectivity index (χ4n) is 1.69. The third-order valence-electron chi connectivity index (χ3n) is 2.64. The Bertz CT molecular complexity index is 635. The van der Waals surface area contributed by atoms with Gasteiger partial charge in [0.1, 0.15) is 0 Å². The van der Waals surface area contributed by atoms with Crippen LogP contribution in [0.15, 0.2) is 54.6 Å². The standard InChI is InChI=1S/C8H5NO2.C7H5ClO/c10-7-5-3-1-2-4-6(5)8(11)9-7;8-7(9)6-4-2-1-3-5-6/h1-4H,(H,9,10,11);1-5H. The molecule has 1 aliphatic rings. The Labute approximate surface area is 120 Å². The zero-order valence-electron chi connectivity index (χ0n) is 10.3. The molecule has 0 bridgehead atoms. The van der Waals surface area contributed by atoms with Gasteiger partial charge in [0.25, 0.3) is 17.1 Å². The summed E-state index contributed by atoms with van der Waals surface area (Å²) in [5.41, 5.74) is 1.48. The molecule has 2 aromatic carbocycles.